The van der Waals surface area contributed by atoms with Gasteiger partial charge in [-0.1, -0.05) is 30.2 Å². The van der Waals surface area contributed by atoms with Crippen molar-refractivity contribution >= 4 is 28.8 Å². The minimum Gasteiger partial charge on any atom is -0.340 e. The molecule has 1 aromatic carbocycles. The van der Waals surface area contributed by atoms with Crippen LogP contribution in [0, 0.1) is 6.92 Å². The fourth-order valence-electron chi connectivity index (χ4n) is 3.14. The molecule has 22 heavy (non-hydrogen) atoms. The maximum Gasteiger partial charge on any atom is 0.233 e. The molecule has 0 bridgehead atoms. The van der Waals surface area contributed by atoms with E-state index in [0.29, 0.717) is 11.6 Å². The molecule has 0 radical (unpaired) electrons. The van der Waals surface area contributed by atoms with Crippen LogP contribution in [-0.4, -0.2) is 17.9 Å². The van der Waals surface area contributed by atoms with E-state index in [1.807, 2.05) is 36.2 Å². The lowest BCUT2D eigenvalue weighted by Crippen LogP contribution is -2.49. The summed E-state index contributed by atoms with van der Waals surface area (Å²) in [7, 11) is 1.91. The average Bonchev–Trinajstić information content (AvgIpc) is 2.85. The van der Waals surface area contributed by atoms with Crippen LogP contribution in [0.1, 0.15) is 35.3 Å². The fourth-order valence-corrected chi connectivity index (χ4v) is 4.23. The van der Waals surface area contributed by atoms with Crippen LogP contribution in [0.15, 0.2) is 35.7 Å². The first-order chi connectivity index (χ1) is 10.5. The topological polar surface area (TPSA) is 20.3 Å². The maximum absolute atomic E-state index is 13.1. The summed E-state index contributed by atoms with van der Waals surface area (Å²) < 4.78 is 0. The molecule has 1 aliphatic rings. The van der Waals surface area contributed by atoms with Gasteiger partial charge in [0.25, 0.3) is 0 Å². The van der Waals surface area contributed by atoms with E-state index in [1.54, 1.807) is 11.3 Å². The van der Waals surface area contributed by atoms with Gasteiger partial charge in [0.15, 0.2) is 0 Å². The third-order valence-corrected chi connectivity index (χ3v) is 5.97. The number of hydrogen-bond donors (Lipinski definition) is 0. The minimum absolute atomic E-state index is 0.230. The van der Waals surface area contributed by atoms with Gasteiger partial charge < -0.3 is 4.90 Å². The Hall–Kier alpha value is -1.32. The zero-order valence-corrected chi connectivity index (χ0v) is 14.5. The maximum atomic E-state index is 13.1. The second-order valence-electron chi connectivity index (χ2n) is 6.13. The molecule has 116 valence electrons. The summed E-state index contributed by atoms with van der Waals surface area (Å²) in [5, 5.41) is 2.80. The second-order valence-corrected chi connectivity index (χ2v) is 7.57. The zero-order valence-electron chi connectivity index (χ0n) is 12.9. The summed E-state index contributed by atoms with van der Waals surface area (Å²) in [6.07, 6.45) is 2.97. The van der Waals surface area contributed by atoms with Crippen LogP contribution in [-0.2, 0) is 16.8 Å². The largest absolute Gasteiger partial charge is 0.340 e. The van der Waals surface area contributed by atoms with Gasteiger partial charge in [-0.25, -0.2) is 0 Å². The Balaban J connectivity index is 1.82. The molecule has 0 spiro atoms. The molecule has 0 atom stereocenters. The van der Waals surface area contributed by atoms with Crippen molar-refractivity contribution in [3.05, 3.63) is 56.7 Å². The lowest BCUT2D eigenvalue weighted by atomic mass is 9.63. The number of amides is 1. The highest BCUT2D eigenvalue weighted by Crippen LogP contribution is 2.45. The molecule has 0 saturated heterocycles. The smallest absolute Gasteiger partial charge is 0.233 e. The van der Waals surface area contributed by atoms with Crippen LogP contribution in [0.3, 0.4) is 0 Å². The van der Waals surface area contributed by atoms with E-state index >= 15 is 0 Å². The Morgan fingerprint density at radius 1 is 1.27 bits per heavy atom. The lowest BCUT2D eigenvalue weighted by molar-refractivity contribution is -0.140. The van der Waals surface area contributed by atoms with Crippen molar-refractivity contribution in [2.75, 3.05) is 7.05 Å². The SMILES string of the molecule is Cc1ccsc1CN(C)C(=O)C1(c2ccc(Cl)cc2)CCC1. The van der Waals surface area contributed by atoms with E-state index in [1.165, 1.54) is 10.4 Å². The van der Waals surface area contributed by atoms with Crippen molar-refractivity contribution in [1.82, 2.24) is 4.90 Å². The number of benzene rings is 1. The molecule has 1 saturated carbocycles. The summed E-state index contributed by atoms with van der Waals surface area (Å²) in [6, 6.07) is 9.88. The molecular weight excluding hydrogens is 314 g/mol. The number of aryl methyl sites for hydroxylation is 1. The summed E-state index contributed by atoms with van der Waals surface area (Å²) in [4.78, 5) is 16.2. The Bertz CT molecular complexity index is 673. The first-order valence-electron chi connectivity index (χ1n) is 7.57. The van der Waals surface area contributed by atoms with Crippen LogP contribution in [0.5, 0.6) is 0 Å². The van der Waals surface area contributed by atoms with Crippen LogP contribution >= 0.6 is 22.9 Å². The molecule has 0 N–H and O–H groups in total. The van der Waals surface area contributed by atoms with Gasteiger partial charge in [0.05, 0.1) is 12.0 Å². The molecule has 1 aliphatic carbocycles. The summed E-state index contributed by atoms with van der Waals surface area (Å²) in [5.41, 5.74) is 2.02. The number of nitrogens with zero attached hydrogens (tertiary/aromatic N) is 1. The number of thiophene rings is 1. The van der Waals surface area contributed by atoms with E-state index in [0.717, 1.165) is 24.8 Å². The van der Waals surface area contributed by atoms with Gasteiger partial charge in [-0.2, -0.15) is 0 Å². The molecule has 2 nitrogen and oxygen atoms in total. The molecule has 1 aromatic heterocycles. The number of halogens is 1. The van der Waals surface area contributed by atoms with Gasteiger partial charge in [0.1, 0.15) is 0 Å². The van der Waals surface area contributed by atoms with E-state index in [-0.39, 0.29) is 11.3 Å². The van der Waals surface area contributed by atoms with Crippen LogP contribution in [0.2, 0.25) is 5.02 Å². The Morgan fingerprint density at radius 2 is 1.95 bits per heavy atom. The standard InChI is InChI=1S/C18H20ClNOS/c1-13-8-11-22-16(13)12-20(2)17(21)18(9-3-10-18)14-4-6-15(19)7-5-14/h4-8,11H,3,9-10,12H2,1-2H3. The molecule has 0 unspecified atom stereocenters. The highest BCUT2D eigenvalue weighted by atomic mass is 35.5. The Kier molecular flexibility index (Phi) is 4.28. The average molecular weight is 334 g/mol. The number of carbonyl (C=O) groups is 1. The highest BCUT2D eigenvalue weighted by molar-refractivity contribution is 7.10. The molecule has 1 heterocycles. The monoisotopic (exact) mass is 333 g/mol. The molecule has 0 aliphatic heterocycles. The molecular formula is C18H20ClNOS. The van der Waals surface area contributed by atoms with E-state index < -0.39 is 0 Å². The van der Waals surface area contributed by atoms with Gasteiger partial charge >= 0.3 is 0 Å². The zero-order chi connectivity index (χ0) is 15.7. The summed E-state index contributed by atoms with van der Waals surface area (Å²) in [6.45, 7) is 2.79. The first kappa shape index (κ1) is 15.6. The Morgan fingerprint density at radius 3 is 2.45 bits per heavy atom. The quantitative estimate of drug-likeness (QED) is 0.787. The molecule has 1 amide bonds. The van der Waals surface area contributed by atoms with Crippen LogP contribution in [0.25, 0.3) is 0 Å². The van der Waals surface area contributed by atoms with Crippen LogP contribution < -0.4 is 0 Å². The molecule has 2 aromatic rings. The minimum atomic E-state index is -0.343. The number of carbonyl (C=O) groups excluding carboxylic acids is 1. The summed E-state index contributed by atoms with van der Waals surface area (Å²) >= 11 is 7.70. The Labute approximate surface area is 140 Å². The number of hydrogen-bond acceptors (Lipinski definition) is 2. The van der Waals surface area contributed by atoms with Crippen molar-refractivity contribution in [3.8, 4) is 0 Å². The van der Waals surface area contributed by atoms with Gasteiger partial charge in [-0.05, 0) is 54.5 Å². The molecule has 1 fully saturated rings. The van der Waals surface area contributed by atoms with Gasteiger partial charge in [0.2, 0.25) is 5.91 Å². The molecule has 3 rings (SSSR count). The predicted molar refractivity (Wildman–Crippen MR) is 92.5 cm³/mol. The van der Waals surface area contributed by atoms with Gasteiger partial charge in [-0.3, -0.25) is 4.79 Å². The van der Waals surface area contributed by atoms with Crippen molar-refractivity contribution in [2.24, 2.45) is 0 Å². The van der Waals surface area contributed by atoms with E-state index in [4.69, 9.17) is 11.6 Å². The fraction of sp³-hybridized carbons (Fsp3) is 0.389. The number of likely N-dealkylation sites (N-methyl/N-ethyl adjacent to an activating group) is 1. The first-order valence-corrected chi connectivity index (χ1v) is 8.83. The van der Waals surface area contributed by atoms with E-state index in [2.05, 4.69) is 18.4 Å². The third kappa shape index (κ3) is 2.68. The van der Waals surface area contributed by atoms with Crippen molar-refractivity contribution in [3.63, 3.8) is 0 Å². The lowest BCUT2D eigenvalue weighted by Gasteiger charge is -2.43. The van der Waals surface area contributed by atoms with Crippen molar-refractivity contribution in [1.29, 1.82) is 0 Å². The normalized spacial score (nSPS) is 16.1. The van der Waals surface area contributed by atoms with Crippen LogP contribution in [0.4, 0.5) is 0 Å². The van der Waals surface area contributed by atoms with E-state index in [9.17, 15) is 4.79 Å². The van der Waals surface area contributed by atoms with Gasteiger partial charge in [0, 0.05) is 16.9 Å². The second kappa shape index (κ2) is 6.05. The molecule has 4 heteroatoms. The number of rotatable bonds is 4. The third-order valence-electron chi connectivity index (χ3n) is 4.71. The predicted octanol–water partition coefficient (Wildman–Crippen LogP) is 4.79. The summed E-state index contributed by atoms with van der Waals surface area (Å²) in [5.74, 6) is 0.230. The highest BCUT2D eigenvalue weighted by Gasteiger charge is 2.46. The van der Waals surface area contributed by atoms with Gasteiger partial charge in [-0.15, -0.1) is 11.3 Å². The van der Waals surface area contributed by atoms with Crippen molar-refractivity contribution < 1.29 is 4.79 Å². The van der Waals surface area contributed by atoms with Crippen molar-refractivity contribution in [2.45, 2.75) is 38.1 Å².